The van der Waals surface area contributed by atoms with Gasteiger partial charge in [0.2, 0.25) is 0 Å². The minimum absolute atomic E-state index is 0.113. The summed E-state index contributed by atoms with van der Waals surface area (Å²) in [7, 11) is 0. The van der Waals surface area contributed by atoms with Crippen molar-refractivity contribution in [2.45, 2.75) is 25.0 Å². The van der Waals surface area contributed by atoms with E-state index in [1.807, 2.05) is 0 Å². The van der Waals surface area contributed by atoms with Crippen LogP contribution in [0.3, 0.4) is 0 Å². The molecule has 0 aromatic carbocycles. The fourth-order valence-corrected chi connectivity index (χ4v) is 2.10. The molecule has 0 spiro atoms. The second-order valence-corrected chi connectivity index (χ2v) is 3.31. The SMILES string of the molecule is O=C(O)N1C[C@H]2C(O)CC[C@H]21. The summed E-state index contributed by atoms with van der Waals surface area (Å²) in [4.78, 5) is 11.9. The second kappa shape index (κ2) is 2.11. The van der Waals surface area contributed by atoms with E-state index in [2.05, 4.69) is 0 Å². The van der Waals surface area contributed by atoms with E-state index in [9.17, 15) is 9.90 Å². The number of amides is 1. The van der Waals surface area contributed by atoms with Gasteiger partial charge in [0.1, 0.15) is 0 Å². The number of hydrogen-bond donors (Lipinski definition) is 2. The molecule has 0 aromatic rings. The number of likely N-dealkylation sites (tertiary alicyclic amines) is 1. The summed E-state index contributed by atoms with van der Waals surface area (Å²) in [6.45, 7) is 0.529. The van der Waals surface area contributed by atoms with E-state index < -0.39 is 6.09 Å². The van der Waals surface area contributed by atoms with Gasteiger partial charge in [0.25, 0.3) is 0 Å². The lowest BCUT2D eigenvalue weighted by atomic mass is 9.91. The molecule has 4 heteroatoms. The monoisotopic (exact) mass is 157 g/mol. The highest BCUT2D eigenvalue weighted by atomic mass is 16.4. The summed E-state index contributed by atoms with van der Waals surface area (Å²) in [5.74, 6) is 0.228. The van der Waals surface area contributed by atoms with Crippen molar-refractivity contribution in [2.75, 3.05) is 6.54 Å². The summed E-state index contributed by atoms with van der Waals surface area (Å²) in [6, 6.07) is 0.113. The van der Waals surface area contributed by atoms with E-state index in [1.54, 1.807) is 0 Å². The highest BCUT2D eigenvalue weighted by Crippen LogP contribution is 2.38. The maximum atomic E-state index is 10.5. The number of fused-ring (bicyclic) bond motifs is 1. The summed E-state index contributed by atoms with van der Waals surface area (Å²) in [5.41, 5.74) is 0. The number of rotatable bonds is 0. The Morgan fingerprint density at radius 1 is 1.45 bits per heavy atom. The lowest BCUT2D eigenvalue weighted by molar-refractivity contribution is -0.00516. The number of hydrogen-bond acceptors (Lipinski definition) is 2. The first-order valence-corrected chi connectivity index (χ1v) is 3.88. The van der Waals surface area contributed by atoms with E-state index in [-0.39, 0.29) is 18.1 Å². The van der Waals surface area contributed by atoms with Crippen molar-refractivity contribution in [3.05, 3.63) is 0 Å². The van der Waals surface area contributed by atoms with E-state index in [4.69, 9.17) is 5.11 Å². The topological polar surface area (TPSA) is 60.8 Å². The lowest BCUT2D eigenvalue weighted by Gasteiger charge is -2.43. The van der Waals surface area contributed by atoms with E-state index in [0.29, 0.717) is 6.54 Å². The van der Waals surface area contributed by atoms with Gasteiger partial charge in [-0.05, 0) is 12.8 Å². The molecule has 1 saturated heterocycles. The van der Waals surface area contributed by atoms with Crippen LogP contribution in [0.1, 0.15) is 12.8 Å². The molecule has 0 aromatic heterocycles. The van der Waals surface area contributed by atoms with Gasteiger partial charge in [-0.25, -0.2) is 4.79 Å². The Kier molecular flexibility index (Phi) is 1.32. The Bertz CT molecular complexity index is 194. The Balaban J connectivity index is 2.01. The summed E-state index contributed by atoms with van der Waals surface area (Å²) in [5, 5.41) is 17.9. The molecule has 3 atom stereocenters. The number of nitrogens with zero attached hydrogens (tertiary/aromatic N) is 1. The average Bonchev–Trinajstić information content (AvgIpc) is 2.06. The van der Waals surface area contributed by atoms with Crippen molar-refractivity contribution in [1.82, 2.24) is 4.90 Å². The molecule has 62 valence electrons. The van der Waals surface area contributed by atoms with Crippen LogP contribution in [0.2, 0.25) is 0 Å². The van der Waals surface area contributed by atoms with Gasteiger partial charge in [-0.2, -0.15) is 0 Å². The van der Waals surface area contributed by atoms with Gasteiger partial charge < -0.3 is 15.1 Å². The average molecular weight is 157 g/mol. The van der Waals surface area contributed by atoms with Gasteiger partial charge in [-0.15, -0.1) is 0 Å². The molecule has 2 aliphatic rings. The molecule has 0 bridgehead atoms. The quantitative estimate of drug-likeness (QED) is 0.525. The fraction of sp³-hybridized carbons (Fsp3) is 0.857. The highest BCUT2D eigenvalue weighted by molar-refractivity contribution is 5.67. The molecule has 1 aliphatic carbocycles. The van der Waals surface area contributed by atoms with Crippen molar-refractivity contribution in [2.24, 2.45) is 5.92 Å². The molecule has 2 fully saturated rings. The fourth-order valence-electron chi connectivity index (χ4n) is 2.10. The maximum Gasteiger partial charge on any atom is 0.407 e. The zero-order valence-corrected chi connectivity index (χ0v) is 6.10. The predicted octanol–water partition coefficient (Wildman–Crippen LogP) is 0.120. The zero-order chi connectivity index (χ0) is 8.01. The first-order valence-electron chi connectivity index (χ1n) is 3.88. The van der Waals surface area contributed by atoms with Crippen molar-refractivity contribution >= 4 is 6.09 Å². The van der Waals surface area contributed by atoms with Gasteiger partial charge in [0.05, 0.1) is 6.10 Å². The maximum absolute atomic E-state index is 10.5. The van der Waals surface area contributed by atoms with Crippen LogP contribution in [0.15, 0.2) is 0 Å². The third-order valence-electron chi connectivity index (χ3n) is 2.80. The van der Waals surface area contributed by atoms with Crippen LogP contribution in [-0.2, 0) is 0 Å². The lowest BCUT2D eigenvalue weighted by Crippen LogP contribution is -2.58. The van der Waals surface area contributed by atoms with Crippen molar-refractivity contribution in [3.8, 4) is 0 Å². The molecule has 1 heterocycles. The van der Waals surface area contributed by atoms with E-state index >= 15 is 0 Å². The Hall–Kier alpha value is -0.770. The Labute approximate surface area is 64.4 Å². The number of carbonyl (C=O) groups is 1. The molecule has 1 unspecified atom stereocenters. The number of aliphatic hydroxyl groups is 1. The largest absolute Gasteiger partial charge is 0.465 e. The van der Waals surface area contributed by atoms with Crippen LogP contribution < -0.4 is 0 Å². The highest BCUT2D eigenvalue weighted by Gasteiger charge is 2.49. The van der Waals surface area contributed by atoms with Crippen molar-refractivity contribution in [1.29, 1.82) is 0 Å². The van der Waals surface area contributed by atoms with Crippen LogP contribution in [0, 0.1) is 5.92 Å². The van der Waals surface area contributed by atoms with Crippen LogP contribution in [-0.4, -0.2) is 39.9 Å². The van der Waals surface area contributed by atoms with Crippen LogP contribution in [0.25, 0.3) is 0 Å². The van der Waals surface area contributed by atoms with Crippen molar-refractivity contribution in [3.63, 3.8) is 0 Å². The predicted molar refractivity (Wildman–Crippen MR) is 37.2 cm³/mol. The Morgan fingerprint density at radius 3 is 2.73 bits per heavy atom. The molecule has 1 aliphatic heterocycles. The van der Waals surface area contributed by atoms with Crippen LogP contribution in [0.5, 0.6) is 0 Å². The van der Waals surface area contributed by atoms with Gasteiger partial charge in [0.15, 0.2) is 0 Å². The molecule has 0 radical (unpaired) electrons. The van der Waals surface area contributed by atoms with E-state index in [1.165, 1.54) is 4.90 Å². The first-order chi connectivity index (χ1) is 5.20. The standard InChI is InChI=1S/C7H11NO3/c9-6-2-1-5-4(6)3-8(5)7(10)11/h4-6,9H,1-3H2,(H,10,11)/t4-,5-,6?/m1/s1. The minimum atomic E-state index is -0.847. The first kappa shape index (κ1) is 6.91. The summed E-state index contributed by atoms with van der Waals surface area (Å²) >= 11 is 0. The van der Waals surface area contributed by atoms with Crippen LogP contribution in [0.4, 0.5) is 4.79 Å². The molecule has 2 rings (SSSR count). The third-order valence-corrected chi connectivity index (χ3v) is 2.80. The summed E-state index contributed by atoms with van der Waals surface area (Å²) in [6.07, 6.45) is 0.494. The number of aliphatic hydroxyl groups excluding tert-OH is 1. The molecular formula is C7H11NO3. The minimum Gasteiger partial charge on any atom is -0.465 e. The normalized spacial score (nSPS) is 41.5. The molecular weight excluding hydrogens is 146 g/mol. The van der Waals surface area contributed by atoms with Gasteiger partial charge >= 0.3 is 6.09 Å². The molecule has 2 N–H and O–H groups in total. The Morgan fingerprint density at radius 2 is 2.18 bits per heavy atom. The number of carboxylic acid groups (broad SMARTS) is 1. The second-order valence-electron chi connectivity index (χ2n) is 3.31. The van der Waals surface area contributed by atoms with Gasteiger partial charge in [0, 0.05) is 18.5 Å². The molecule has 4 nitrogen and oxygen atoms in total. The smallest absolute Gasteiger partial charge is 0.407 e. The van der Waals surface area contributed by atoms with E-state index in [0.717, 1.165) is 12.8 Å². The van der Waals surface area contributed by atoms with Crippen molar-refractivity contribution < 1.29 is 15.0 Å². The zero-order valence-electron chi connectivity index (χ0n) is 6.10. The molecule has 1 amide bonds. The third kappa shape index (κ3) is 0.822. The molecule has 1 saturated carbocycles. The van der Waals surface area contributed by atoms with Gasteiger partial charge in [-0.1, -0.05) is 0 Å². The molecule has 11 heavy (non-hydrogen) atoms. The van der Waals surface area contributed by atoms with Gasteiger partial charge in [-0.3, -0.25) is 0 Å². The van der Waals surface area contributed by atoms with Crippen LogP contribution >= 0.6 is 0 Å². The summed E-state index contributed by atoms with van der Waals surface area (Å²) < 4.78 is 0.